The maximum absolute atomic E-state index is 13.1. The Morgan fingerprint density at radius 2 is 1.93 bits per heavy atom. The lowest BCUT2D eigenvalue weighted by atomic mass is 9.83. The summed E-state index contributed by atoms with van der Waals surface area (Å²) in [5, 5.41) is 3.41. The number of methoxy groups -OCH3 is 1. The van der Waals surface area contributed by atoms with Crippen LogP contribution in [0.4, 0.5) is 10.6 Å². The average Bonchev–Trinajstić information content (AvgIpc) is 2.98. The highest BCUT2D eigenvalue weighted by molar-refractivity contribution is 5.93. The number of fused-ring (bicyclic) bond motifs is 1. The summed E-state index contributed by atoms with van der Waals surface area (Å²) < 4.78 is 4.75. The van der Waals surface area contributed by atoms with E-state index < -0.39 is 0 Å². The Balaban J connectivity index is 0.00000256. The van der Waals surface area contributed by atoms with Gasteiger partial charge < -0.3 is 15.0 Å². The average molecular weight is 437 g/mol. The number of hydrogen-bond donors (Lipinski definition) is 1. The maximum Gasteiger partial charge on any atom is 0.326 e. The number of pyridine rings is 1. The van der Waals surface area contributed by atoms with Gasteiger partial charge in [0, 0.05) is 44.2 Å². The molecule has 1 aromatic rings. The molecule has 0 atom stereocenters. The van der Waals surface area contributed by atoms with Gasteiger partial charge in [0.2, 0.25) is 0 Å². The van der Waals surface area contributed by atoms with Crippen LogP contribution in [0.5, 0.6) is 0 Å². The minimum absolute atomic E-state index is 0. The number of nitrogens with one attached hydrogen (secondary N) is 1. The SMILES string of the molecule is COC(=O)CCC1CCC(N2CCN(c3ccc4c(n3)CCNCC4)C2=O)CC1.Cl. The zero-order valence-electron chi connectivity index (χ0n) is 17.8. The van der Waals surface area contributed by atoms with Gasteiger partial charge in [0.05, 0.1) is 7.11 Å². The fourth-order valence-corrected chi connectivity index (χ4v) is 4.94. The predicted octanol–water partition coefficient (Wildman–Crippen LogP) is 2.95. The van der Waals surface area contributed by atoms with E-state index in [1.165, 1.54) is 12.7 Å². The largest absolute Gasteiger partial charge is 0.469 e. The third-order valence-corrected chi connectivity index (χ3v) is 6.72. The second-order valence-corrected chi connectivity index (χ2v) is 8.44. The Bertz CT molecular complexity index is 752. The summed E-state index contributed by atoms with van der Waals surface area (Å²) in [6.45, 7) is 3.43. The molecule has 1 aliphatic carbocycles. The molecule has 0 aromatic carbocycles. The van der Waals surface area contributed by atoms with Crippen LogP contribution in [0, 0.1) is 5.92 Å². The van der Waals surface area contributed by atoms with Crippen molar-refractivity contribution in [3.8, 4) is 0 Å². The Hall–Kier alpha value is -1.86. The summed E-state index contributed by atoms with van der Waals surface area (Å²) in [4.78, 5) is 33.2. The maximum atomic E-state index is 13.1. The molecule has 0 radical (unpaired) electrons. The molecule has 8 heteroatoms. The van der Waals surface area contributed by atoms with E-state index in [0.717, 1.165) is 76.1 Å². The summed E-state index contributed by atoms with van der Waals surface area (Å²) in [6, 6.07) is 4.57. The minimum Gasteiger partial charge on any atom is -0.469 e. The van der Waals surface area contributed by atoms with Crippen LogP contribution in [-0.2, 0) is 22.4 Å². The Morgan fingerprint density at radius 1 is 1.17 bits per heavy atom. The van der Waals surface area contributed by atoms with E-state index in [9.17, 15) is 9.59 Å². The van der Waals surface area contributed by atoms with E-state index in [-0.39, 0.29) is 24.4 Å². The number of carbonyl (C=O) groups excluding carboxylic acids is 2. The summed E-state index contributed by atoms with van der Waals surface area (Å²) >= 11 is 0. The van der Waals surface area contributed by atoms with Gasteiger partial charge in [-0.2, -0.15) is 0 Å². The van der Waals surface area contributed by atoms with Crippen molar-refractivity contribution < 1.29 is 14.3 Å². The number of nitrogens with zero attached hydrogens (tertiary/aromatic N) is 3. The standard InChI is InChI=1S/C22H32N4O3.ClH/c1-29-21(27)9-4-16-2-6-18(7-3-16)25-14-15-26(22(25)28)20-8-5-17-10-12-23-13-11-19(17)24-20;/h5,8,16,18,23H,2-4,6-7,9-15H2,1H3;1H. The minimum atomic E-state index is -0.124. The number of rotatable bonds is 5. The third-order valence-electron chi connectivity index (χ3n) is 6.72. The van der Waals surface area contributed by atoms with Gasteiger partial charge in [-0.3, -0.25) is 9.69 Å². The van der Waals surface area contributed by atoms with Crippen molar-refractivity contribution in [2.45, 2.75) is 57.4 Å². The highest BCUT2D eigenvalue weighted by atomic mass is 35.5. The lowest BCUT2D eigenvalue weighted by Gasteiger charge is -2.34. The molecule has 4 rings (SSSR count). The summed E-state index contributed by atoms with van der Waals surface area (Å²) in [5.74, 6) is 1.24. The van der Waals surface area contributed by atoms with E-state index in [2.05, 4.69) is 11.4 Å². The monoisotopic (exact) mass is 436 g/mol. The van der Waals surface area contributed by atoms with Crippen LogP contribution in [0.25, 0.3) is 0 Å². The van der Waals surface area contributed by atoms with Crippen molar-refractivity contribution in [3.63, 3.8) is 0 Å². The molecule has 3 aliphatic rings. The molecular weight excluding hydrogens is 404 g/mol. The fraction of sp³-hybridized carbons (Fsp3) is 0.682. The summed E-state index contributed by atoms with van der Waals surface area (Å²) in [7, 11) is 1.44. The molecule has 7 nitrogen and oxygen atoms in total. The molecule has 30 heavy (non-hydrogen) atoms. The zero-order chi connectivity index (χ0) is 20.2. The van der Waals surface area contributed by atoms with Gasteiger partial charge in [-0.05, 0) is 62.6 Å². The van der Waals surface area contributed by atoms with Gasteiger partial charge in [0.1, 0.15) is 5.82 Å². The number of ether oxygens (including phenoxy) is 1. The van der Waals surface area contributed by atoms with Crippen LogP contribution in [0.3, 0.4) is 0 Å². The number of aromatic nitrogens is 1. The van der Waals surface area contributed by atoms with Gasteiger partial charge >= 0.3 is 12.0 Å². The topological polar surface area (TPSA) is 74.8 Å². The second-order valence-electron chi connectivity index (χ2n) is 8.44. The number of amides is 2. The first-order valence-electron chi connectivity index (χ1n) is 11.0. The van der Waals surface area contributed by atoms with Crippen molar-refractivity contribution in [2.75, 3.05) is 38.2 Å². The van der Waals surface area contributed by atoms with Crippen molar-refractivity contribution in [3.05, 3.63) is 23.4 Å². The molecule has 0 spiro atoms. The number of carbonyl (C=O) groups is 2. The number of urea groups is 1. The second kappa shape index (κ2) is 10.4. The number of hydrogen-bond acceptors (Lipinski definition) is 5. The van der Waals surface area contributed by atoms with Gasteiger partial charge in [-0.15, -0.1) is 12.4 Å². The van der Waals surface area contributed by atoms with E-state index in [0.29, 0.717) is 24.9 Å². The summed E-state index contributed by atoms with van der Waals surface area (Å²) in [5.41, 5.74) is 2.43. The molecule has 1 saturated heterocycles. The van der Waals surface area contributed by atoms with Crippen LogP contribution in [-0.4, -0.2) is 61.2 Å². The van der Waals surface area contributed by atoms with Crippen LogP contribution in [0.1, 0.15) is 49.8 Å². The molecule has 0 unspecified atom stereocenters. The van der Waals surface area contributed by atoms with Crippen LogP contribution in [0.2, 0.25) is 0 Å². The van der Waals surface area contributed by atoms with Crippen LogP contribution < -0.4 is 10.2 Å². The molecule has 0 bridgehead atoms. The first-order valence-corrected chi connectivity index (χ1v) is 11.0. The van der Waals surface area contributed by atoms with Gasteiger partial charge in [0.25, 0.3) is 0 Å². The lowest BCUT2D eigenvalue weighted by molar-refractivity contribution is -0.141. The molecule has 166 valence electrons. The normalized spacial score (nSPS) is 24.1. The molecule has 3 heterocycles. The molecule has 1 saturated carbocycles. The van der Waals surface area contributed by atoms with Crippen molar-refractivity contribution in [1.29, 1.82) is 0 Å². The van der Waals surface area contributed by atoms with E-state index >= 15 is 0 Å². The lowest BCUT2D eigenvalue weighted by Crippen LogP contribution is -2.41. The predicted molar refractivity (Wildman–Crippen MR) is 118 cm³/mol. The Kier molecular flexibility index (Phi) is 7.94. The molecule has 2 fully saturated rings. The third kappa shape index (κ3) is 5.06. The zero-order valence-corrected chi connectivity index (χ0v) is 18.6. The van der Waals surface area contributed by atoms with Crippen LogP contribution >= 0.6 is 12.4 Å². The smallest absolute Gasteiger partial charge is 0.326 e. The highest BCUT2D eigenvalue weighted by Crippen LogP contribution is 2.33. The first kappa shape index (κ1) is 22.8. The number of anilines is 1. The quantitative estimate of drug-likeness (QED) is 0.718. The van der Waals surface area contributed by atoms with E-state index in [4.69, 9.17) is 9.72 Å². The number of esters is 1. The van der Waals surface area contributed by atoms with Crippen molar-refractivity contribution >= 4 is 30.2 Å². The molecule has 2 aliphatic heterocycles. The molecule has 1 N–H and O–H groups in total. The van der Waals surface area contributed by atoms with Gasteiger partial charge in [-0.25, -0.2) is 9.78 Å². The molecule has 2 amide bonds. The Labute approximate surface area is 184 Å². The number of halogens is 1. The van der Waals surface area contributed by atoms with Crippen molar-refractivity contribution in [2.24, 2.45) is 5.92 Å². The summed E-state index contributed by atoms with van der Waals surface area (Å²) in [6.07, 6.45) is 7.52. The highest BCUT2D eigenvalue weighted by Gasteiger charge is 2.37. The fourth-order valence-electron chi connectivity index (χ4n) is 4.94. The molecular formula is C22H33ClN4O3. The van der Waals surface area contributed by atoms with E-state index in [1.807, 2.05) is 15.9 Å². The van der Waals surface area contributed by atoms with Gasteiger partial charge in [0.15, 0.2) is 0 Å². The van der Waals surface area contributed by atoms with Gasteiger partial charge in [-0.1, -0.05) is 6.07 Å². The Morgan fingerprint density at radius 3 is 2.70 bits per heavy atom. The van der Waals surface area contributed by atoms with Crippen LogP contribution in [0.15, 0.2) is 12.1 Å². The first-order chi connectivity index (χ1) is 14.2. The van der Waals surface area contributed by atoms with Crippen molar-refractivity contribution in [1.82, 2.24) is 15.2 Å². The van der Waals surface area contributed by atoms with E-state index in [1.54, 1.807) is 0 Å². The molecule has 1 aromatic heterocycles.